The molecule has 2 unspecified atom stereocenters. The summed E-state index contributed by atoms with van der Waals surface area (Å²) in [6.07, 6.45) is 5.04. The number of rotatable bonds is 7. The molecule has 0 saturated carbocycles. The van der Waals surface area contributed by atoms with Crippen molar-refractivity contribution in [3.8, 4) is 22.3 Å². The Morgan fingerprint density at radius 3 is 1.28 bits per heavy atom. The monoisotopic (exact) mass is 811 g/mol. The van der Waals surface area contributed by atoms with Crippen LogP contribution in [-0.2, 0) is 16.4 Å². The van der Waals surface area contributed by atoms with E-state index >= 15 is 0 Å². The number of hydrogen-bond donors (Lipinski definition) is 0. The zero-order chi connectivity index (χ0) is 37.6. The van der Waals surface area contributed by atoms with Crippen molar-refractivity contribution in [3.63, 3.8) is 0 Å². The Hall–Kier alpha value is -3.22. The van der Waals surface area contributed by atoms with Crippen LogP contribution < -0.4 is 0 Å². The molecule has 0 aromatic heterocycles. The van der Waals surface area contributed by atoms with E-state index in [9.17, 15) is 0 Å². The van der Waals surface area contributed by atoms with Crippen LogP contribution in [0.25, 0.3) is 56.0 Å². The van der Waals surface area contributed by atoms with Crippen LogP contribution in [0.4, 0.5) is 0 Å². The van der Waals surface area contributed by atoms with Crippen molar-refractivity contribution in [1.82, 2.24) is 0 Å². The van der Waals surface area contributed by atoms with E-state index in [2.05, 4.69) is 172 Å². The number of hydrogen-bond acceptors (Lipinski definition) is 0. The summed E-state index contributed by atoms with van der Waals surface area (Å²) in [7, 11) is 17.7. The van der Waals surface area contributed by atoms with Crippen molar-refractivity contribution in [1.29, 1.82) is 0 Å². The molecule has 0 N–H and O–H groups in total. The van der Waals surface area contributed by atoms with Gasteiger partial charge in [0.2, 0.25) is 0 Å². The van der Waals surface area contributed by atoms with E-state index < -0.39 is 16.4 Å². The Morgan fingerprint density at radius 2 is 0.906 bits per heavy atom. The van der Waals surface area contributed by atoms with Gasteiger partial charge in [0.05, 0.1) is 0 Å². The van der Waals surface area contributed by atoms with Crippen LogP contribution in [0.1, 0.15) is 86.4 Å². The summed E-state index contributed by atoms with van der Waals surface area (Å²) < 4.78 is 0.781. The fourth-order valence-electron chi connectivity index (χ4n) is 10.4. The van der Waals surface area contributed by atoms with Gasteiger partial charge in [0.15, 0.2) is 0 Å². The number of allylic oxidation sites excluding steroid dienone is 2. The van der Waals surface area contributed by atoms with Gasteiger partial charge in [-0.2, -0.15) is 0 Å². The van der Waals surface area contributed by atoms with Crippen LogP contribution in [0, 0.1) is 39.5 Å². The van der Waals surface area contributed by atoms with E-state index in [1.54, 1.807) is 0 Å². The van der Waals surface area contributed by atoms with Crippen molar-refractivity contribution in [2.75, 3.05) is 0 Å². The van der Waals surface area contributed by atoms with Crippen LogP contribution in [-0.4, -0.2) is 0 Å². The van der Waals surface area contributed by atoms with Gasteiger partial charge >= 0.3 is 328 Å². The quantitative estimate of drug-likeness (QED) is 0.151. The Morgan fingerprint density at radius 1 is 0.528 bits per heavy atom. The predicted molar refractivity (Wildman–Crippen MR) is 231 cm³/mol. The molecule has 0 fully saturated rings. The van der Waals surface area contributed by atoms with Gasteiger partial charge in [0, 0.05) is 0 Å². The number of fused-ring (bicyclic) bond motifs is 4. The molecular weight excluding hydrogens is 763 g/mol. The summed E-state index contributed by atoms with van der Waals surface area (Å²) in [6, 6.07) is 35.8. The molecule has 8 rings (SSSR count). The van der Waals surface area contributed by atoms with Gasteiger partial charge in [-0.1, -0.05) is 0 Å². The van der Waals surface area contributed by atoms with Crippen LogP contribution in [0.2, 0.25) is 4.13 Å². The number of benzene rings is 6. The maximum absolute atomic E-state index is 8.83. The summed E-state index contributed by atoms with van der Waals surface area (Å²) in [5, 5.41) is 5.09. The average molecular weight is 814 g/mol. The standard InChI is InChI=1S/2C24H23.C2H5.2ClH.Zr/c2*1-15(2)19-13-22-16(3)12-17(4)24(23(22)14-19)21-11-7-9-18-8-5-6-10-20(18)21;1-2;;;/h2*5-15H,1-4H3;1H2,2H3;2*1H;/q;;;;;+2/p-2. The van der Waals surface area contributed by atoms with Crippen LogP contribution in [0.3, 0.4) is 0 Å². The zero-order valence-electron chi connectivity index (χ0n) is 32.7. The molecule has 2 atom stereocenters. The van der Waals surface area contributed by atoms with Crippen molar-refractivity contribution in [3.05, 3.63) is 153 Å². The molecule has 0 amide bonds. The van der Waals surface area contributed by atoms with Gasteiger partial charge in [0.1, 0.15) is 0 Å². The Balaban J connectivity index is 1.43. The molecule has 0 heterocycles. The second-order valence-electron chi connectivity index (χ2n) is 16.6. The summed E-state index contributed by atoms with van der Waals surface area (Å²) in [6.45, 7) is 20.9. The second-order valence-corrected chi connectivity index (χ2v) is 39.6. The Kier molecular flexibility index (Phi) is 9.17. The molecule has 2 aliphatic rings. The third-order valence-electron chi connectivity index (χ3n) is 12.8. The molecule has 0 aliphatic heterocycles. The fourth-order valence-corrected chi connectivity index (χ4v) is 29.0. The summed E-state index contributed by atoms with van der Waals surface area (Å²) >= 11 is -5.09. The van der Waals surface area contributed by atoms with Gasteiger partial charge in [-0.25, -0.2) is 0 Å². The molecule has 0 nitrogen and oxygen atoms in total. The van der Waals surface area contributed by atoms with E-state index in [1.165, 1.54) is 99.5 Å². The third-order valence-corrected chi connectivity index (χ3v) is 33.3. The third kappa shape index (κ3) is 5.54. The minimum absolute atomic E-state index is 0.00564. The van der Waals surface area contributed by atoms with Crippen LogP contribution >= 0.6 is 17.0 Å². The van der Waals surface area contributed by atoms with E-state index in [0.717, 1.165) is 4.13 Å². The van der Waals surface area contributed by atoms with Gasteiger partial charge in [0.25, 0.3) is 0 Å². The van der Waals surface area contributed by atoms with Gasteiger partial charge in [-0.3, -0.25) is 0 Å². The normalized spacial score (nSPS) is 17.6. The minimum atomic E-state index is -5.09. The molecule has 3 heteroatoms. The Labute approximate surface area is 325 Å². The first-order valence-corrected chi connectivity index (χ1v) is 30.4. The molecular formula is C50H51Cl2Zr. The molecule has 0 spiro atoms. The topological polar surface area (TPSA) is 0 Å². The first-order chi connectivity index (χ1) is 25.3. The van der Waals surface area contributed by atoms with Gasteiger partial charge in [-0.15, -0.1) is 0 Å². The van der Waals surface area contributed by atoms with Gasteiger partial charge < -0.3 is 0 Å². The molecule has 0 saturated heterocycles. The van der Waals surface area contributed by atoms with E-state index in [4.69, 9.17) is 17.0 Å². The molecule has 6 aromatic rings. The Bertz CT molecular complexity index is 2360. The molecule has 0 radical (unpaired) electrons. The predicted octanol–water partition coefficient (Wildman–Crippen LogP) is 15.9. The van der Waals surface area contributed by atoms with E-state index in [0.29, 0.717) is 11.8 Å². The van der Waals surface area contributed by atoms with Crippen molar-refractivity contribution < 1.29 is 16.4 Å². The molecule has 0 bridgehead atoms. The summed E-state index contributed by atoms with van der Waals surface area (Å²) in [4.78, 5) is 0. The van der Waals surface area contributed by atoms with Crippen molar-refractivity contribution in [2.24, 2.45) is 11.8 Å². The van der Waals surface area contributed by atoms with Crippen molar-refractivity contribution in [2.45, 2.75) is 73.7 Å². The molecule has 269 valence electrons. The second kappa shape index (κ2) is 13.2. The molecule has 6 aromatic carbocycles. The first kappa shape index (κ1) is 36.7. The molecule has 2 aliphatic carbocycles. The summed E-state index contributed by atoms with van der Waals surface area (Å²) in [5.41, 5.74) is 18.6. The average Bonchev–Trinajstić information content (AvgIpc) is 3.75. The first-order valence-electron chi connectivity index (χ1n) is 19.5. The van der Waals surface area contributed by atoms with Crippen molar-refractivity contribution >= 4 is 50.7 Å². The molecule has 53 heavy (non-hydrogen) atoms. The summed E-state index contributed by atoms with van der Waals surface area (Å²) in [5.74, 6) is 0.587. The number of aryl methyl sites for hydroxylation is 4. The van der Waals surface area contributed by atoms with Crippen LogP contribution in [0.5, 0.6) is 0 Å². The fraction of sp³-hybridized carbons (Fsp3) is 0.280. The van der Waals surface area contributed by atoms with E-state index in [-0.39, 0.29) is 7.25 Å². The maximum atomic E-state index is 8.83. The van der Waals surface area contributed by atoms with Crippen LogP contribution in [0.15, 0.2) is 108 Å². The van der Waals surface area contributed by atoms with Gasteiger partial charge in [-0.05, 0) is 0 Å². The number of halogens is 2. The van der Waals surface area contributed by atoms with E-state index in [1.807, 2.05) is 0 Å². The zero-order valence-corrected chi connectivity index (χ0v) is 36.6. The SMILES string of the molecule is C[CH2][Zr]([Cl])([Cl])([CH]1C(C(C)C)=Cc2c(-c3cccc4ccccc34)c(C)cc(C)c21)[CH]1C(C(C)C)=Cc2c(-c3cccc4ccccc34)c(C)cc(C)c21.